The Morgan fingerprint density at radius 2 is 0.821 bits per heavy atom. The molecule has 3 rings (SSSR count). The first kappa shape index (κ1) is 75.7. The van der Waals surface area contributed by atoms with Gasteiger partial charge in [0.05, 0.1) is 38.6 Å². The third-order valence-corrected chi connectivity index (χ3v) is 16.1. The van der Waals surface area contributed by atoms with Gasteiger partial charge in [-0.05, 0) is 44.9 Å². The third-order valence-electron chi connectivity index (χ3n) is 16.1. The van der Waals surface area contributed by atoms with Crippen LogP contribution >= 0.6 is 0 Å². The molecule has 0 aromatic rings. The number of ether oxygens (including phenoxy) is 6. The fourth-order valence-electron chi connectivity index (χ4n) is 10.8. The van der Waals surface area contributed by atoms with Crippen LogP contribution in [-0.4, -0.2) is 193 Å². The highest BCUT2D eigenvalue weighted by atomic mass is 16.8. The minimum absolute atomic E-state index is 0.120. The van der Waals surface area contributed by atoms with Crippen LogP contribution in [-0.2, 0) is 33.2 Å². The normalized spacial score (nSPS) is 29.6. The van der Waals surface area contributed by atoms with Crippen molar-refractivity contribution in [3.8, 4) is 0 Å². The maximum absolute atomic E-state index is 13.3. The largest absolute Gasteiger partial charge is 0.394 e. The lowest BCUT2D eigenvalue weighted by Crippen LogP contribution is -2.66. The van der Waals surface area contributed by atoms with Gasteiger partial charge in [-0.1, -0.05) is 222 Å². The molecule has 0 saturated carbocycles. The van der Waals surface area contributed by atoms with E-state index in [9.17, 15) is 61.0 Å². The number of rotatable bonds is 48. The second kappa shape index (κ2) is 47.5. The molecule has 3 aliphatic heterocycles. The predicted octanol–water partition coefficient (Wildman–Crippen LogP) is 7.21. The van der Waals surface area contributed by atoms with Gasteiger partial charge >= 0.3 is 0 Å². The molecule has 3 aliphatic rings. The van der Waals surface area contributed by atoms with Crippen molar-refractivity contribution in [3.05, 3.63) is 60.8 Å². The summed E-state index contributed by atoms with van der Waals surface area (Å²) in [6.45, 7) is 1.55. The van der Waals surface area contributed by atoms with Gasteiger partial charge in [0.15, 0.2) is 18.9 Å². The van der Waals surface area contributed by atoms with Gasteiger partial charge in [0.1, 0.15) is 73.2 Å². The Morgan fingerprint density at radius 1 is 0.440 bits per heavy atom. The molecular formula is C65H115NO18. The highest BCUT2D eigenvalue weighted by Crippen LogP contribution is 2.33. The molecule has 17 atom stereocenters. The van der Waals surface area contributed by atoms with E-state index in [0.717, 1.165) is 44.9 Å². The maximum Gasteiger partial charge on any atom is 0.220 e. The van der Waals surface area contributed by atoms with E-state index in [1.165, 1.54) is 135 Å². The fraction of sp³-hybridized carbons (Fsp3) is 0.831. The number of hydrogen-bond acceptors (Lipinski definition) is 18. The zero-order valence-electron chi connectivity index (χ0n) is 51.1. The summed E-state index contributed by atoms with van der Waals surface area (Å²) in [6.07, 6.45) is 29.5. The summed E-state index contributed by atoms with van der Waals surface area (Å²) < 4.78 is 34.2. The molecule has 12 N–H and O–H groups in total. The van der Waals surface area contributed by atoms with E-state index in [0.29, 0.717) is 12.8 Å². The molecule has 3 fully saturated rings. The minimum Gasteiger partial charge on any atom is -0.394 e. The number of aliphatic hydroxyl groups is 11. The van der Waals surface area contributed by atoms with Crippen LogP contribution in [0, 0.1) is 0 Å². The van der Waals surface area contributed by atoms with Gasteiger partial charge in [0.2, 0.25) is 5.91 Å². The van der Waals surface area contributed by atoms with E-state index in [1.807, 2.05) is 18.2 Å². The number of aliphatic hydroxyl groups excluding tert-OH is 11. The van der Waals surface area contributed by atoms with Crippen LogP contribution in [0.1, 0.15) is 213 Å². The van der Waals surface area contributed by atoms with E-state index in [-0.39, 0.29) is 18.9 Å². The summed E-state index contributed by atoms with van der Waals surface area (Å²) in [5.74, 6) is -0.356. The minimum atomic E-state index is -1.99. The summed E-state index contributed by atoms with van der Waals surface area (Å²) >= 11 is 0. The molecule has 0 spiro atoms. The van der Waals surface area contributed by atoms with Crippen molar-refractivity contribution in [1.82, 2.24) is 5.32 Å². The van der Waals surface area contributed by atoms with Crippen molar-refractivity contribution in [2.45, 2.75) is 317 Å². The van der Waals surface area contributed by atoms with Gasteiger partial charge in [-0.25, -0.2) is 0 Å². The van der Waals surface area contributed by atoms with Crippen molar-refractivity contribution < 1.29 is 89.4 Å². The van der Waals surface area contributed by atoms with E-state index < -0.39 is 124 Å². The molecule has 0 aromatic heterocycles. The lowest BCUT2D eigenvalue weighted by Gasteiger charge is -2.48. The van der Waals surface area contributed by atoms with Gasteiger partial charge in [0.25, 0.3) is 0 Å². The van der Waals surface area contributed by atoms with Crippen molar-refractivity contribution in [2.75, 3.05) is 26.4 Å². The number of amides is 1. The molecule has 3 saturated heterocycles. The van der Waals surface area contributed by atoms with Gasteiger partial charge in [-0.15, -0.1) is 0 Å². The number of hydrogen-bond donors (Lipinski definition) is 12. The average molecular weight is 1200 g/mol. The Labute approximate surface area is 503 Å². The maximum atomic E-state index is 13.3. The zero-order valence-corrected chi connectivity index (χ0v) is 51.1. The molecule has 0 bridgehead atoms. The topological polar surface area (TPSA) is 307 Å². The van der Waals surface area contributed by atoms with Crippen LogP contribution in [0.15, 0.2) is 60.8 Å². The Morgan fingerprint density at radius 3 is 1.26 bits per heavy atom. The molecule has 0 radical (unpaired) electrons. The van der Waals surface area contributed by atoms with Crippen LogP contribution < -0.4 is 5.32 Å². The van der Waals surface area contributed by atoms with Crippen molar-refractivity contribution in [1.29, 1.82) is 0 Å². The second-order valence-electron chi connectivity index (χ2n) is 23.2. The predicted molar refractivity (Wildman–Crippen MR) is 323 cm³/mol. The Kier molecular flexibility index (Phi) is 42.8. The lowest BCUT2D eigenvalue weighted by atomic mass is 9.96. The summed E-state index contributed by atoms with van der Waals surface area (Å²) in [4.78, 5) is 13.3. The number of carbonyl (C=O) groups is 1. The van der Waals surface area contributed by atoms with E-state index >= 15 is 0 Å². The second-order valence-corrected chi connectivity index (χ2v) is 23.2. The monoisotopic (exact) mass is 1200 g/mol. The molecule has 19 nitrogen and oxygen atoms in total. The van der Waals surface area contributed by atoms with Gasteiger partial charge in [-0.2, -0.15) is 0 Å². The highest BCUT2D eigenvalue weighted by molar-refractivity contribution is 5.76. The standard InChI is InChI=1S/C65H115NO18/c1-3-5-7-9-11-13-15-17-18-19-20-21-22-23-24-25-26-27-28-29-31-32-34-36-38-40-42-49(70)48(66-53(71)43-41-39-37-35-33-30-16-14-12-10-8-6-4-2)47-79-63-59(77)56(74)61(51(45-68)81-63)84-65-60(78)57(75)62(52(46-69)82-65)83-64-58(76)55(73)54(72)50(44-67)80-64/h6,8,12,14,30,33,37,39-40,42,48-52,54-65,67-70,72-78H,3-5,7,9-11,13,15-29,31-32,34-36,38,41,43-47H2,1-2H3,(H,66,71)/b8-6-,14-12-,33-30-,39-37-,42-40+. The number of unbranched alkanes of at least 4 members (excludes halogenated alkanes) is 24. The van der Waals surface area contributed by atoms with Crippen LogP contribution in [0.3, 0.4) is 0 Å². The number of nitrogens with one attached hydrogen (secondary N) is 1. The van der Waals surface area contributed by atoms with Gasteiger partial charge in [-0.3, -0.25) is 4.79 Å². The SMILES string of the molecule is CC/C=C\C/C=C\C/C=C\C/C=C\CCC(=O)NC(COC1OC(CO)C(OC2OC(CO)C(OC3OC(CO)C(O)C(O)C3O)C(O)C2O)C(O)C1O)C(O)/C=C/CCCCCCCCCCCCCCCCCCCCCCCCCC. The van der Waals surface area contributed by atoms with Crippen molar-refractivity contribution in [3.63, 3.8) is 0 Å². The van der Waals surface area contributed by atoms with Crippen LogP contribution in [0.4, 0.5) is 0 Å². The molecule has 84 heavy (non-hydrogen) atoms. The van der Waals surface area contributed by atoms with Gasteiger partial charge < -0.3 is 89.9 Å². The lowest BCUT2D eigenvalue weighted by molar-refractivity contribution is -0.379. The zero-order chi connectivity index (χ0) is 61.2. The molecular weight excluding hydrogens is 1080 g/mol. The van der Waals surface area contributed by atoms with Crippen molar-refractivity contribution >= 4 is 5.91 Å². The molecule has 1 amide bonds. The Balaban J connectivity index is 1.45. The Bertz CT molecular complexity index is 1770. The summed E-state index contributed by atoms with van der Waals surface area (Å²) in [5, 5.41) is 120. The first-order chi connectivity index (χ1) is 40.8. The molecule has 19 heteroatoms. The Hall–Kier alpha value is -2.51. The summed E-state index contributed by atoms with van der Waals surface area (Å²) in [5.41, 5.74) is 0. The smallest absolute Gasteiger partial charge is 0.220 e. The number of carbonyl (C=O) groups excluding carboxylic acids is 1. The van der Waals surface area contributed by atoms with Crippen LogP contribution in [0.2, 0.25) is 0 Å². The third kappa shape index (κ3) is 30.1. The molecule has 17 unspecified atom stereocenters. The molecule has 488 valence electrons. The quantitative estimate of drug-likeness (QED) is 0.0211. The number of allylic oxidation sites excluding steroid dienone is 9. The molecule has 0 aliphatic carbocycles. The van der Waals surface area contributed by atoms with Crippen molar-refractivity contribution in [2.24, 2.45) is 0 Å². The molecule has 0 aromatic carbocycles. The first-order valence-electron chi connectivity index (χ1n) is 32.5. The van der Waals surface area contributed by atoms with Crippen LogP contribution in [0.5, 0.6) is 0 Å². The van der Waals surface area contributed by atoms with E-state index in [4.69, 9.17) is 28.4 Å². The first-order valence-corrected chi connectivity index (χ1v) is 32.5. The molecule has 3 heterocycles. The van der Waals surface area contributed by atoms with Gasteiger partial charge in [0, 0.05) is 6.42 Å². The van der Waals surface area contributed by atoms with Crippen LogP contribution in [0.25, 0.3) is 0 Å². The fourth-order valence-corrected chi connectivity index (χ4v) is 10.8. The van der Waals surface area contributed by atoms with E-state index in [1.54, 1.807) is 6.08 Å². The van der Waals surface area contributed by atoms with E-state index in [2.05, 4.69) is 55.6 Å². The summed E-state index contributed by atoms with van der Waals surface area (Å²) in [7, 11) is 0. The average Bonchev–Trinajstić information content (AvgIpc) is 2.92. The highest BCUT2D eigenvalue weighted by Gasteiger charge is 2.53. The summed E-state index contributed by atoms with van der Waals surface area (Å²) in [6, 6.07) is -1.01.